The summed E-state index contributed by atoms with van der Waals surface area (Å²) in [7, 11) is 0. The van der Waals surface area contributed by atoms with Gasteiger partial charge < -0.3 is 20.5 Å². The van der Waals surface area contributed by atoms with Crippen LogP contribution in [-0.4, -0.2) is 33.2 Å². The van der Waals surface area contributed by atoms with Gasteiger partial charge >= 0.3 is 0 Å². The molecule has 2 aromatic heterocycles. The molecule has 0 unspecified atom stereocenters. The van der Waals surface area contributed by atoms with Crippen LogP contribution in [0.5, 0.6) is 0 Å². The summed E-state index contributed by atoms with van der Waals surface area (Å²) in [5, 5.41) is 6.68. The molecule has 3 rings (SSSR count). The van der Waals surface area contributed by atoms with Crippen LogP contribution < -0.4 is 16.0 Å². The minimum Gasteiger partial charge on any atom is -0.368 e. The predicted octanol–water partition coefficient (Wildman–Crippen LogP) is 0.654. The highest BCUT2D eigenvalue weighted by molar-refractivity contribution is 5.42. The van der Waals surface area contributed by atoms with E-state index in [0.717, 1.165) is 25.9 Å². The second-order valence-corrected chi connectivity index (χ2v) is 4.34. The van der Waals surface area contributed by atoms with E-state index in [1.807, 2.05) is 0 Å². The van der Waals surface area contributed by atoms with Crippen LogP contribution in [0, 0.1) is 0 Å². The molecule has 0 bridgehead atoms. The Morgan fingerprint density at radius 3 is 2.84 bits per heavy atom. The Bertz CT molecular complexity index is 536. The maximum atomic E-state index is 5.71. The van der Waals surface area contributed by atoms with Crippen molar-refractivity contribution in [2.24, 2.45) is 0 Å². The van der Waals surface area contributed by atoms with Crippen LogP contribution >= 0.6 is 0 Å². The fourth-order valence-corrected chi connectivity index (χ4v) is 2.02. The summed E-state index contributed by atoms with van der Waals surface area (Å²) >= 11 is 0. The number of aromatic nitrogens is 4. The highest BCUT2D eigenvalue weighted by Gasteiger charge is 2.16. The van der Waals surface area contributed by atoms with E-state index >= 15 is 0 Å². The van der Waals surface area contributed by atoms with Gasteiger partial charge in [-0.2, -0.15) is 15.0 Å². The molecule has 0 aromatic carbocycles. The SMILES string of the molecule is Nc1nc(NCc2ccno2)nc(N2CCCC2)n1. The molecule has 100 valence electrons. The molecular formula is C11H15N7O. The van der Waals surface area contributed by atoms with E-state index in [9.17, 15) is 0 Å². The lowest BCUT2D eigenvalue weighted by Gasteiger charge is -2.15. The van der Waals surface area contributed by atoms with Gasteiger partial charge in [-0.05, 0) is 12.8 Å². The van der Waals surface area contributed by atoms with Gasteiger partial charge in [0, 0.05) is 19.2 Å². The van der Waals surface area contributed by atoms with E-state index in [2.05, 4.69) is 30.3 Å². The zero-order valence-corrected chi connectivity index (χ0v) is 10.4. The van der Waals surface area contributed by atoms with Gasteiger partial charge in [0.25, 0.3) is 0 Å². The molecule has 0 spiro atoms. The van der Waals surface area contributed by atoms with Crippen LogP contribution in [-0.2, 0) is 6.54 Å². The summed E-state index contributed by atoms with van der Waals surface area (Å²) in [4.78, 5) is 14.7. The molecular weight excluding hydrogens is 246 g/mol. The van der Waals surface area contributed by atoms with Gasteiger partial charge in [0.2, 0.25) is 17.8 Å². The van der Waals surface area contributed by atoms with E-state index < -0.39 is 0 Å². The van der Waals surface area contributed by atoms with Crippen molar-refractivity contribution in [3.05, 3.63) is 18.0 Å². The van der Waals surface area contributed by atoms with Gasteiger partial charge in [-0.25, -0.2) is 0 Å². The first-order chi connectivity index (χ1) is 9.31. The maximum Gasteiger partial charge on any atom is 0.231 e. The number of anilines is 3. The van der Waals surface area contributed by atoms with Crippen molar-refractivity contribution in [2.75, 3.05) is 29.0 Å². The number of nitrogens with two attached hydrogens (primary N) is 1. The fourth-order valence-electron chi connectivity index (χ4n) is 2.02. The third-order valence-corrected chi connectivity index (χ3v) is 2.94. The van der Waals surface area contributed by atoms with Crippen molar-refractivity contribution >= 4 is 17.8 Å². The van der Waals surface area contributed by atoms with E-state index in [1.54, 1.807) is 12.3 Å². The van der Waals surface area contributed by atoms with Crippen molar-refractivity contribution in [1.29, 1.82) is 0 Å². The lowest BCUT2D eigenvalue weighted by molar-refractivity contribution is 0.388. The van der Waals surface area contributed by atoms with Crippen LogP contribution in [0.15, 0.2) is 16.8 Å². The van der Waals surface area contributed by atoms with Gasteiger partial charge in [-0.3, -0.25) is 0 Å². The fraction of sp³-hybridized carbons (Fsp3) is 0.455. The second kappa shape index (κ2) is 5.09. The van der Waals surface area contributed by atoms with E-state index in [1.165, 1.54) is 0 Å². The summed E-state index contributed by atoms with van der Waals surface area (Å²) in [5.41, 5.74) is 5.71. The van der Waals surface area contributed by atoms with Gasteiger partial charge in [0.05, 0.1) is 12.7 Å². The number of nitrogens with zero attached hydrogens (tertiary/aromatic N) is 5. The Kier molecular flexibility index (Phi) is 3.13. The van der Waals surface area contributed by atoms with Crippen LogP contribution in [0.4, 0.5) is 17.8 Å². The number of hydrogen-bond acceptors (Lipinski definition) is 8. The first-order valence-corrected chi connectivity index (χ1v) is 6.21. The molecule has 0 saturated carbocycles. The highest BCUT2D eigenvalue weighted by atomic mass is 16.5. The standard InChI is InChI=1S/C11H15N7O/c12-9-15-10(13-7-8-3-4-14-19-8)17-11(16-9)18-5-1-2-6-18/h3-4H,1-2,5-7H2,(H3,12,13,15,16,17). The topological polar surface area (TPSA) is 106 Å². The molecule has 1 aliphatic heterocycles. The van der Waals surface area contributed by atoms with Gasteiger partial charge in [0.15, 0.2) is 5.76 Å². The van der Waals surface area contributed by atoms with Crippen LogP contribution in [0.1, 0.15) is 18.6 Å². The highest BCUT2D eigenvalue weighted by Crippen LogP contribution is 2.17. The first-order valence-electron chi connectivity index (χ1n) is 6.21. The molecule has 1 aliphatic rings. The maximum absolute atomic E-state index is 5.71. The summed E-state index contributed by atoms with van der Waals surface area (Å²) in [5.74, 6) is 2.01. The van der Waals surface area contributed by atoms with Crippen LogP contribution in [0.25, 0.3) is 0 Å². The summed E-state index contributed by atoms with van der Waals surface area (Å²) in [6.45, 7) is 2.39. The quantitative estimate of drug-likeness (QED) is 0.826. The van der Waals surface area contributed by atoms with Crippen molar-refractivity contribution < 1.29 is 4.52 Å². The Labute approximate surface area is 110 Å². The van der Waals surface area contributed by atoms with Crippen molar-refractivity contribution in [2.45, 2.75) is 19.4 Å². The molecule has 19 heavy (non-hydrogen) atoms. The average Bonchev–Trinajstić information content (AvgIpc) is 3.09. The molecule has 0 amide bonds. The molecule has 1 saturated heterocycles. The third-order valence-electron chi connectivity index (χ3n) is 2.94. The Morgan fingerprint density at radius 2 is 2.11 bits per heavy atom. The van der Waals surface area contributed by atoms with E-state index in [-0.39, 0.29) is 5.95 Å². The van der Waals surface area contributed by atoms with Gasteiger partial charge in [-0.1, -0.05) is 5.16 Å². The van der Waals surface area contributed by atoms with Crippen molar-refractivity contribution in [3.8, 4) is 0 Å². The zero-order valence-electron chi connectivity index (χ0n) is 10.4. The summed E-state index contributed by atoms with van der Waals surface area (Å²) in [6, 6.07) is 1.78. The number of rotatable bonds is 4. The largest absolute Gasteiger partial charge is 0.368 e. The Morgan fingerprint density at radius 1 is 1.26 bits per heavy atom. The number of hydrogen-bond donors (Lipinski definition) is 2. The molecule has 0 atom stereocenters. The normalized spacial score (nSPS) is 14.8. The first kappa shape index (κ1) is 11.7. The third kappa shape index (κ3) is 2.72. The van der Waals surface area contributed by atoms with Crippen LogP contribution in [0.3, 0.4) is 0 Å². The molecule has 2 aromatic rings. The molecule has 0 radical (unpaired) electrons. The molecule has 0 aliphatic carbocycles. The second-order valence-electron chi connectivity index (χ2n) is 4.34. The zero-order chi connectivity index (χ0) is 13.1. The molecule has 3 N–H and O–H groups in total. The average molecular weight is 261 g/mol. The Balaban J connectivity index is 1.73. The van der Waals surface area contributed by atoms with Crippen molar-refractivity contribution in [1.82, 2.24) is 20.1 Å². The minimum atomic E-state index is 0.219. The van der Waals surface area contributed by atoms with Gasteiger partial charge in [-0.15, -0.1) is 0 Å². The predicted molar refractivity (Wildman–Crippen MR) is 69.5 cm³/mol. The molecule has 1 fully saturated rings. The Hall–Kier alpha value is -2.38. The number of nitrogen functional groups attached to an aromatic ring is 1. The van der Waals surface area contributed by atoms with E-state index in [4.69, 9.17) is 10.3 Å². The minimum absolute atomic E-state index is 0.219. The summed E-state index contributed by atoms with van der Waals surface area (Å²) < 4.78 is 4.99. The van der Waals surface area contributed by atoms with Gasteiger partial charge in [0.1, 0.15) is 0 Å². The number of nitrogens with one attached hydrogen (secondary N) is 1. The monoisotopic (exact) mass is 261 g/mol. The molecule has 8 nitrogen and oxygen atoms in total. The van der Waals surface area contributed by atoms with E-state index in [0.29, 0.717) is 24.2 Å². The molecule has 8 heteroatoms. The smallest absolute Gasteiger partial charge is 0.231 e. The lowest BCUT2D eigenvalue weighted by Crippen LogP contribution is -2.22. The van der Waals surface area contributed by atoms with Crippen LogP contribution in [0.2, 0.25) is 0 Å². The van der Waals surface area contributed by atoms with Crippen molar-refractivity contribution in [3.63, 3.8) is 0 Å². The molecule has 3 heterocycles. The summed E-state index contributed by atoms with van der Waals surface area (Å²) in [6.07, 6.45) is 3.91. The lowest BCUT2D eigenvalue weighted by atomic mass is 10.4.